The molecule has 0 saturated carbocycles. The summed E-state index contributed by atoms with van der Waals surface area (Å²) in [6.07, 6.45) is 2.90. The summed E-state index contributed by atoms with van der Waals surface area (Å²) in [5.41, 5.74) is 0.952. The average Bonchev–Trinajstić information content (AvgIpc) is 2.70. The first kappa shape index (κ1) is 12.6. The Morgan fingerprint density at radius 3 is 2.83 bits per heavy atom. The SMILES string of the molecule is COC(=O)c1cc(-c2ncc(Cl)cc2F)n(C)c1. The molecule has 0 aliphatic heterocycles. The predicted octanol–water partition coefficient (Wildman–Crippen LogP) is 2.67. The number of hydrogen-bond donors (Lipinski definition) is 0. The van der Waals surface area contributed by atoms with Gasteiger partial charge in [0, 0.05) is 19.4 Å². The Bertz CT molecular complexity index is 610. The second-order valence-corrected chi connectivity index (χ2v) is 4.14. The number of pyridine rings is 1. The number of carbonyl (C=O) groups excluding carboxylic acids is 1. The minimum atomic E-state index is -0.542. The third-order valence-corrected chi connectivity index (χ3v) is 2.68. The van der Waals surface area contributed by atoms with Gasteiger partial charge in [-0.25, -0.2) is 9.18 Å². The van der Waals surface area contributed by atoms with Crippen molar-refractivity contribution in [1.29, 1.82) is 0 Å². The molecule has 2 aromatic rings. The molecule has 2 aromatic heterocycles. The van der Waals surface area contributed by atoms with Crippen LogP contribution in [0.4, 0.5) is 4.39 Å². The normalized spacial score (nSPS) is 10.4. The van der Waals surface area contributed by atoms with Gasteiger partial charge in [-0.3, -0.25) is 4.98 Å². The average molecular weight is 269 g/mol. The fraction of sp³-hybridized carbons (Fsp3) is 0.167. The molecule has 4 nitrogen and oxygen atoms in total. The second kappa shape index (κ2) is 4.78. The summed E-state index contributed by atoms with van der Waals surface area (Å²) < 4.78 is 19.9. The van der Waals surface area contributed by atoms with Crippen molar-refractivity contribution in [2.45, 2.75) is 0 Å². The van der Waals surface area contributed by atoms with Crippen molar-refractivity contribution in [3.63, 3.8) is 0 Å². The van der Waals surface area contributed by atoms with E-state index in [0.717, 1.165) is 0 Å². The Kier molecular flexibility index (Phi) is 3.34. The first-order valence-electron chi connectivity index (χ1n) is 5.09. The molecule has 0 N–H and O–H groups in total. The van der Waals surface area contributed by atoms with Crippen molar-refractivity contribution in [1.82, 2.24) is 9.55 Å². The highest BCUT2D eigenvalue weighted by atomic mass is 35.5. The van der Waals surface area contributed by atoms with Crippen molar-refractivity contribution >= 4 is 17.6 Å². The molecule has 0 radical (unpaired) electrons. The second-order valence-electron chi connectivity index (χ2n) is 3.70. The highest BCUT2D eigenvalue weighted by Gasteiger charge is 2.15. The summed E-state index contributed by atoms with van der Waals surface area (Å²) in [6.45, 7) is 0. The molecule has 0 atom stereocenters. The number of rotatable bonds is 2. The van der Waals surface area contributed by atoms with Gasteiger partial charge in [-0.1, -0.05) is 11.6 Å². The predicted molar refractivity (Wildman–Crippen MR) is 65.0 cm³/mol. The van der Waals surface area contributed by atoms with Crippen LogP contribution in [0.2, 0.25) is 5.02 Å². The van der Waals surface area contributed by atoms with Crippen LogP contribution in [0.3, 0.4) is 0 Å². The van der Waals surface area contributed by atoms with Crippen LogP contribution in [-0.4, -0.2) is 22.6 Å². The molecular formula is C12H10ClFN2O2. The number of halogens is 2. The quantitative estimate of drug-likeness (QED) is 0.787. The van der Waals surface area contributed by atoms with E-state index in [-0.39, 0.29) is 10.7 Å². The first-order chi connectivity index (χ1) is 8.52. The van der Waals surface area contributed by atoms with E-state index in [9.17, 15) is 9.18 Å². The van der Waals surface area contributed by atoms with Crippen LogP contribution in [0.1, 0.15) is 10.4 Å². The number of aromatic nitrogens is 2. The minimum absolute atomic E-state index is 0.136. The molecule has 0 fully saturated rings. The minimum Gasteiger partial charge on any atom is -0.465 e. The summed E-state index contributed by atoms with van der Waals surface area (Å²) in [5.74, 6) is -1.02. The highest BCUT2D eigenvalue weighted by molar-refractivity contribution is 6.30. The summed E-state index contributed by atoms with van der Waals surface area (Å²) >= 11 is 5.64. The van der Waals surface area contributed by atoms with Crippen LogP contribution < -0.4 is 0 Å². The molecule has 0 aromatic carbocycles. The fourth-order valence-corrected chi connectivity index (χ4v) is 1.78. The Balaban J connectivity index is 2.51. The first-order valence-corrected chi connectivity index (χ1v) is 5.47. The van der Waals surface area contributed by atoms with Crippen LogP contribution in [0.15, 0.2) is 24.5 Å². The van der Waals surface area contributed by atoms with Crippen LogP contribution in [0, 0.1) is 5.82 Å². The Morgan fingerprint density at radius 2 is 2.22 bits per heavy atom. The van der Waals surface area contributed by atoms with Crippen LogP contribution >= 0.6 is 11.6 Å². The molecule has 2 rings (SSSR count). The number of esters is 1. The van der Waals surface area contributed by atoms with Gasteiger partial charge in [-0.2, -0.15) is 0 Å². The van der Waals surface area contributed by atoms with Gasteiger partial charge in [0.2, 0.25) is 0 Å². The van der Waals surface area contributed by atoms with E-state index in [1.807, 2.05) is 0 Å². The molecule has 0 spiro atoms. The zero-order valence-corrected chi connectivity index (χ0v) is 10.5. The molecule has 0 unspecified atom stereocenters. The monoisotopic (exact) mass is 268 g/mol. The summed E-state index contributed by atoms with van der Waals surface area (Å²) in [7, 11) is 2.98. The lowest BCUT2D eigenvalue weighted by atomic mass is 10.2. The third-order valence-electron chi connectivity index (χ3n) is 2.48. The largest absolute Gasteiger partial charge is 0.465 e. The van der Waals surface area contributed by atoms with Crippen molar-refractivity contribution in [3.8, 4) is 11.4 Å². The van der Waals surface area contributed by atoms with Gasteiger partial charge in [-0.15, -0.1) is 0 Å². The Morgan fingerprint density at radius 1 is 1.50 bits per heavy atom. The molecular weight excluding hydrogens is 259 g/mol. The number of carbonyl (C=O) groups is 1. The van der Waals surface area contributed by atoms with E-state index in [1.54, 1.807) is 17.8 Å². The van der Waals surface area contributed by atoms with Crippen LogP contribution in [0.5, 0.6) is 0 Å². The van der Waals surface area contributed by atoms with Gasteiger partial charge in [0.1, 0.15) is 5.69 Å². The van der Waals surface area contributed by atoms with Crippen molar-refractivity contribution in [3.05, 3.63) is 40.9 Å². The van der Waals surface area contributed by atoms with Crippen LogP contribution in [0.25, 0.3) is 11.4 Å². The molecule has 94 valence electrons. The zero-order valence-electron chi connectivity index (χ0n) is 9.78. The van der Waals surface area contributed by atoms with Gasteiger partial charge in [0.15, 0.2) is 5.82 Å². The van der Waals surface area contributed by atoms with Gasteiger partial charge in [-0.05, 0) is 12.1 Å². The number of ether oxygens (including phenoxy) is 1. The van der Waals surface area contributed by atoms with Gasteiger partial charge >= 0.3 is 5.97 Å². The van der Waals surface area contributed by atoms with Crippen molar-refractivity contribution in [2.24, 2.45) is 7.05 Å². The summed E-state index contributed by atoms with van der Waals surface area (Å²) in [4.78, 5) is 15.3. The molecule has 6 heteroatoms. The van der Waals surface area contributed by atoms with E-state index in [2.05, 4.69) is 9.72 Å². The van der Waals surface area contributed by atoms with E-state index >= 15 is 0 Å². The molecule has 0 bridgehead atoms. The van der Waals surface area contributed by atoms with Crippen molar-refractivity contribution in [2.75, 3.05) is 7.11 Å². The fourth-order valence-electron chi connectivity index (χ4n) is 1.63. The lowest BCUT2D eigenvalue weighted by molar-refractivity contribution is 0.0600. The van der Waals surface area contributed by atoms with Crippen molar-refractivity contribution < 1.29 is 13.9 Å². The number of methoxy groups -OCH3 is 1. The molecule has 0 aliphatic carbocycles. The van der Waals surface area contributed by atoms with E-state index < -0.39 is 11.8 Å². The third kappa shape index (κ3) is 2.22. The summed E-state index contributed by atoms with van der Waals surface area (Å²) in [6, 6.07) is 2.69. The van der Waals surface area contributed by atoms with E-state index in [1.165, 1.54) is 25.4 Å². The van der Waals surface area contributed by atoms with Gasteiger partial charge in [0.25, 0.3) is 0 Å². The van der Waals surface area contributed by atoms with Gasteiger partial charge < -0.3 is 9.30 Å². The molecule has 18 heavy (non-hydrogen) atoms. The smallest absolute Gasteiger partial charge is 0.339 e. The number of nitrogens with zero attached hydrogens (tertiary/aromatic N) is 2. The maximum absolute atomic E-state index is 13.7. The molecule has 0 saturated heterocycles. The molecule has 2 heterocycles. The lowest BCUT2D eigenvalue weighted by Crippen LogP contribution is -1.98. The van der Waals surface area contributed by atoms with E-state index in [0.29, 0.717) is 11.3 Å². The lowest BCUT2D eigenvalue weighted by Gasteiger charge is -2.03. The highest BCUT2D eigenvalue weighted by Crippen LogP contribution is 2.24. The molecule has 0 amide bonds. The number of hydrogen-bond acceptors (Lipinski definition) is 3. The Labute approximate surface area is 108 Å². The Hall–Kier alpha value is -1.88. The van der Waals surface area contributed by atoms with E-state index in [4.69, 9.17) is 11.6 Å². The van der Waals surface area contributed by atoms with Gasteiger partial charge in [0.05, 0.1) is 23.4 Å². The maximum atomic E-state index is 13.7. The zero-order chi connectivity index (χ0) is 13.3. The van der Waals surface area contributed by atoms with Crippen LogP contribution in [-0.2, 0) is 11.8 Å². The maximum Gasteiger partial charge on any atom is 0.339 e. The topological polar surface area (TPSA) is 44.1 Å². The summed E-state index contributed by atoms with van der Waals surface area (Å²) in [5, 5.41) is 0.221. The number of aryl methyl sites for hydroxylation is 1. The standard InChI is InChI=1S/C12H10ClFN2O2/c1-16-6-7(12(17)18-2)3-10(16)11-9(14)4-8(13)5-15-11/h3-6H,1-2H3. The molecule has 0 aliphatic rings.